The monoisotopic (exact) mass is 214 g/mol. The van der Waals surface area contributed by atoms with Gasteiger partial charge < -0.3 is 5.11 Å². The lowest BCUT2D eigenvalue weighted by Gasteiger charge is -2.10. The van der Waals surface area contributed by atoms with Gasteiger partial charge in [-0.05, 0) is 34.4 Å². The quantitative estimate of drug-likeness (QED) is 0.828. The van der Waals surface area contributed by atoms with Crippen LogP contribution in [0.5, 0.6) is 0 Å². The highest BCUT2D eigenvalue weighted by atomic mass is 16.4. The van der Waals surface area contributed by atoms with Gasteiger partial charge in [-0.25, -0.2) is 4.79 Å². The van der Waals surface area contributed by atoms with Crippen molar-refractivity contribution in [3.63, 3.8) is 0 Å². The molecule has 2 heteroatoms. The third-order valence-electron chi connectivity index (χ3n) is 2.78. The number of hydrogen-bond donors (Lipinski definition) is 1. The molecule has 0 aromatic heterocycles. The maximum absolute atomic E-state index is 10.9. The van der Waals surface area contributed by atoms with Crippen LogP contribution in [0.3, 0.4) is 0 Å². The largest absolute Gasteiger partial charge is 0.478 e. The molecule has 16 heavy (non-hydrogen) atoms. The molecule has 0 aliphatic heterocycles. The van der Waals surface area contributed by atoms with Crippen molar-refractivity contribution in [1.82, 2.24) is 0 Å². The van der Waals surface area contributed by atoms with Crippen molar-refractivity contribution in [2.24, 2.45) is 0 Å². The molecular formula is C14H14O2. The van der Waals surface area contributed by atoms with Crippen LogP contribution in [0.15, 0.2) is 36.4 Å². The molecule has 2 aromatic carbocycles. The first kappa shape index (κ1) is 10.7. The number of fused-ring (bicyclic) bond motifs is 1. The maximum Gasteiger partial charge on any atom is 0.335 e. The number of aromatic carboxylic acids is 1. The Kier molecular flexibility index (Phi) is 2.65. The number of hydrogen-bond acceptors (Lipinski definition) is 1. The van der Waals surface area contributed by atoms with E-state index in [9.17, 15) is 4.79 Å². The minimum Gasteiger partial charge on any atom is -0.478 e. The Morgan fingerprint density at radius 2 is 1.94 bits per heavy atom. The lowest BCUT2D eigenvalue weighted by molar-refractivity contribution is 0.0697. The van der Waals surface area contributed by atoms with E-state index in [1.807, 2.05) is 18.2 Å². The Hall–Kier alpha value is -1.83. The van der Waals surface area contributed by atoms with Crippen molar-refractivity contribution in [3.05, 3.63) is 47.5 Å². The summed E-state index contributed by atoms with van der Waals surface area (Å²) in [7, 11) is 0. The van der Waals surface area contributed by atoms with Crippen LogP contribution in [-0.2, 0) is 0 Å². The van der Waals surface area contributed by atoms with Crippen molar-refractivity contribution < 1.29 is 9.90 Å². The molecule has 0 spiro atoms. The van der Waals surface area contributed by atoms with Crippen LogP contribution in [0.1, 0.15) is 35.7 Å². The van der Waals surface area contributed by atoms with Gasteiger partial charge in [0.05, 0.1) is 5.56 Å². The number of rotatable bonds is 2. The molecular weight excluding hydrogens is 200 g/mol. The van der Waals surface area contributed by atoms with Crippen LogP contribution < -0.4 is 0 Å². The highest BCUT2D eigenvalue weighted by Crippen LogP contribution is 2.26. The van der Waals surface area contributed by atoms with E-state index in [0.717, 1.165) is 10.8 Å². The summed E-state index contributed by atoms with van der Waals surface area (Å²) in [5.41, 5.74) is 1.54. The topological polar surface area (TPSA) is 37.3 Å². The van der Waals surface area contributed by atoms with E-state index < -0.39 is 5.97 Å². The second-order valence-electron chi connectivity index (χ2n) is 4.24. The third-order valence-corrected chi connectivity index (χ3v) is 2.78. The highest BCUT2D eigenvalue weighted by Gasteiger charge is 2.08. The van der Waals surface area contributed by atoms with Crippen LogP contribution in [0, 0.1) is 0 Å². The molecule has 2 nitrogen and oxygen atoms in total. The van der Waals surface area contributed by atoms with Crippen molar-refractivity contribution in [3.8, 4) is 0 Å². The molecule has 0 aliphatic carbocycles. The lowest BCUT2D eigenvalue weighted by atomic mass is 9.95. The molecule has 0 atom stereocenters. The van der Waals surface area contributed by atoms with Crippen LogP contribution in [0.2, 0.25) is 0 Å². The van der Waals surface area contributed by atoms with Gasteiger partial charge in [0.1, 0.15) is 0 Å². The second-order valence-corrected chi connectivity index (χ2v) is 4.24. The standard InChI is InChI=1S/C14H14O2/c1-9(2)12-5-3-4-10-6-7-11(14(15)16)8-13(10)12/h3-9H,1-2H3,(H,15,16). The summed E-state index contributed by atoms with van der Waals surface area (Å²) in [6.07, 6.45) is 0. The first-order chi connectivity index (χ1) is 7.59. The minimum atomic E-state index is -0.875. The van der Waals surface area contributed by atoms with E-state index in [-0.39, 0.29) is 0 Å². The Balaban J connectivity index is 2.73. The first-order valence-corrected chi connectivity index (χ1v) is 5.35. The molecule has 0 unspecified atom stereocenters. The summed E-state index contributed by atoms with van der Waals surface area (Å²) in [5, 5.41) is 11.1. The summed E-state index contributed by atoms with van der Waals surface area (Å²) in [5.74, 6) is -0.479. The molecule has 1 N–H and O–H groups in total. The Morgan fingerprint density at radius 3 is 2.56 bits per heavy atom. The predicted molar refractivity (Wildman–Crippen MR) is 65.0 cm³/mol. The van der Waals surface area contributed by atoms with Gasteiger partial charge in [0.25, 0.3) is 0 Å². The Labute approximate surface area is 94.5 Å². The van der Waals surface area contributed by atoms with Gasteiger partial charge in [-0.3, -0.25) is 0 Å². The van der Waals surface area contributed by atoms with Crippen molar-refractivity contribution in [2.75, 3.05) is 0 Å². The molecule has 82 valence electrons. The lowest BCUT2D eigenvalue weighted by Crippen LogP contribution is -1.97. The maximum atomic E-state index is 10.9. The SMILES string of the molecule is CC(C)c1cccc2ccc(C(=O)O)cc12. The van der Waals surface area contributed by atoms with E-state index in [4.69, 9.17) is 5.11 Å². The van der Waals surface area contributed by atoms with E-state index in [2.05, 4.69) is 19.9 Å². The van der Waals surface area contributed by atoms with Gasteiger partial charge in [0.2, 0.25) is 0 Å². The van der Waals surface area contributed by atoms with E-state index in [0.29, 0.717) is 11.5 Å². The summed E-state index contributed by atoms with van der Waals surface area (Å²) in [6.45, 7) is 4.23. The number of carbonyl (C=O) groups is 1. The second kappa shape index (κ2) is 3.97. The summed E-state index contributed by atoms with van der Waals surface area (Å²) >= 11 is 0. The fourth-order valence-corrected chi connectivity index (χ4v) is 1.93. The van der Waals surface area contributed by atoms with Gasteiger partial charge >= 0.3 is 5.97 Å². The number of carboxylic acids is 1. The van der Waals surface area contributed by atoms with E-state index >= 15 is 0 Å². The summed E-state index contributed by atoms with van der Waals surface area (Å²) < 4.78 is 0. The predicted octanol–water partition coefficient (Wildman–Crippen LogP) is 3.66. The fraction of sp³-hybridized carbons (Fsp3) is 0.214. The van der Waals surface area contributed by atoms with Gasteiger partial charge in [-0.2, -0.15) is 0 Å². The minimum absolute atomic E-state index is 0.348. The number of benzene rings is 2. The zero-order valence-electron chi connectivity index (χ0n) is 9.40. The van der Waals surface area contributed by atoms with Crippen LogP contribution in [0.4, 0.5) is 0 Å². The molecule has 0 radical (unpaired) electrons. The molecule has 0 fully saturated rings. The average Bonchev–Trinajstić information content (AvgIpc) is 2.27. The smallest absolute Gasteiger partial charge is 0.335 e. The summed E-state index contributed by atoms with van der Waals surface area (Å²) in [4.78, 5) is 10.9. The van der Waals surface area contributed by atoms with Crippen molar-refractivity contribution in [1.29, 1.82) is 0 Å². The molecule has 2 rings (SSSR count). The molecule has 0 heterocycles. The van der Waals surface area contributed by atoms with Crippen molar-refractivity contribution >= 4 is 16.7 Å². The highest BCUT2D eigenvalue weighted by molar-refractivity contribution is 5.95. The van der Waals surface area contributed by atoms with Gasteiger partial charge in [0.15, 0.2) is 0 Å². The van der Waals surface area contributed by atoms with Crippen LogP contribution in [-0.4, -0.2) is 11.1 Å². The van der Waals surface area contributed by atoms with E-state index in [1.54, 1.807) is 12.1 Å². The van der Waals surface area contributed by atoms with Gasteiger partial charge in [-0.1, -0.05) is 38.1 Å². The van der Waals surface area contributed by atoms with Gasteiger partial charge in [0, 0.05) is 0 Å². The molecule has 0 saturated heterocycles. The summed E-state index contributed by atoms with van der Waals surface area (Å²) in [6, 6.07) is 11.3. The zero-order chi connectivity index (χ0) is 11.7. The normalized spacial score (nSPS) is 10.9. The van der Waals surface area contributed by atoms with Crippen LogP contribution >= 0.6 is 0 Å². The number of carboxylic acid groups (broad SMARTS) is 1. The first-order valence-electron chi connectivity index (χ1n) is 5.35. The third kappa shape index (κ3) is 1.78. The zero-order valence-corrected chi connectivity index (χ0v) is 9.40. The molecule has 0 amide bonds. The molecule has 0 saturated carbocycles. The molecule has 0 aliphatic rings. The van der Waals surface area contributed by atoms with E-state index in [1.165, 1.54) is 5.56 Å². The van der Waals surface area contributed by atoms with Crippen molar-refractivity contribution in [2.45, 2.75) is 19.8 Å². The Bertz CT molecular complexity index is 541. The fourth-order valence-electron chi connectivity index (χ4n) is 1.93. The molecule has 0 bridgehead atoms. The molecule has 2 aromatic rings. The van der Waals surface area contributed by atoms with Crippen LogP contribution in [0.25, 0.3) is 10.8 Å². The average molecular weight is 214 g/mol. The Morgan fingerprint density at radius 1 is 1.19 bits per heavy atom. The van der Waals surface area contributed by atoms with Gasteiger partial charge in [-0.15, -0.1) is 0 Å².